The number of hydrogen-bond acceptors (Lipinski definition) is 2. The molecule has 0 aromatic carbocycles. The number of anilines is 1. The van der Waals surface area contributed by atoms with E-state index in [-0.39, 0.29) is 11.4 Å². The number of imidazole rings is 1. The molecule has 0 saturated carbocycles. The molecule has 3 N–H and O–H groups in total. The third-order valence-corrected chi connectivity index (χ3v) is 1.76. The second kappa shape index (κ2) is 6.15. The largest absolute Gasteiger partial charge is 0.341 e. The summed E-state index contributed by atoms with van der Waals surface area (Å²) >= 11 is 0. The molecular formula is C11H22N4O. The Kier molecular flexibility index (Phi) is 5.56. The number of H-pyrrole nitrogens is 1. The van der Waals surface area contributed by atoms with E-state index in [0.717, 1.165) is 5.82 Å². The van der Waals surface area contributed by atoms with Crippen molar-refractivity contribution < 1.29 is 4.79 Å². The van der Waals surface area contributed by atoms with Crippen LogP contribution in [0.15, 0.2) is 6.20 Å². The van der Waals surface area contributed by atoms with Gasteiger partial charge in [0.2, 0.25) is 0 Å². The molecule has 0 aliphatic heterocycles. The maximum Gasteiger partial charge on any atom is 0.320 e. The molecular weight excluding hydrogens is 204 g/mol. The van der Waals surface area contributed by atoms with Crippen molar-refractivity contribution in [1.29, 1.82) is 0 Å². The van der Waals surface area contributed by atoms with E-state index in [2.05, 4.69) is 41.4 Å². The molecule has 1 aromatic rings. The second-order valence-electron chi connectivity index (χ2n) is 4.10. The summed E-state index contributed by atoms with van der Waals surface area (Å²) in [6.07, 6.45) is 1.61. The molecule has 16 heavy (non-hydrogen) atoms. The van der Waals surface area contributed by atoms with Crippen molar-refractivity contribution in [2.45, 2.75) is 40.0 Å². The predicted octanol–water partition coefficient (Wildman–Crippen LogP) is 2.48. The summed E-state index contributed by atoms with van der Waals surface area (Å²) < 4.78 is 0. The Morgan fingerprint density at radius 2 is 1.94 bits per heavy atom. The molecule has 2 amide bonds. The average molecular weight is 226 g/mol. The van der Waals surface area contributed by atoms with Gasteiger partial charge in [-0.25, -0.2) is 9.78 Å². The lowest BCUT2D eigenvalue weighted by Gasteiger charge is -2.14. The van der Waals surface area contributed by atoms with Crippen molar-refractivity contribution in [3.05, 3.63) is 12.0 Å². The molecule has 0 unspecified atom stereocenters. The van der Waals surface area contributed by atoms with Crippen molar-refractivity contribution >= 4 is 11.8 Å². The average Bonchev–Trinajstić information content (AvgIpc) is 2.68. The number of nitrogens with one attached hydrogen (secondary N) is 3. The van der Waals surface area contributed by atoms with Gasteiger partial charge in [-0.2, -0.15) is 0 Å². The van der Waals surface area contributed by atoms with E-state index in [1.165, 1.54) is 0 Å². The van der Waals surface area contributed by atoms with Crippen LogP contribution >= 0.6 is 0 Å². The van der Waals surface area contributed by atoms with Crippen molar-refractivity contribution in [3.63, 3.8) is 0 Å². The van der Waals surface area contributed by atoms with E-state index < -0.39 is 0 Å². The first-order valence-corrected chi connectivity index (χ1v) is 5.47. The monoisotopic (exact) mass is 226 g/mol. The van der Waals surface area contributed by atoms with Gasteiger partial charge in [0.1, 0.15) is 11.6 Å². The van der Waals surface area contributed by atoms with Crippen LogP contribution in [-0.2, 0) is 5.41 Å². The third-order valence-electron chi connectivity index (χ3n) is 1.76. The van der Waals surface area contributed by atoms with E-state index in [0.29, 0.717) is 5.82 Å². The molecule has 0 saturated heterocycles. The molecule has 1 aromatic heterocycles. The molecule has 0 radical (unpaired) electrons. The van der Waals surface area contributed by atoms with Gasteiger partial charge in [-0.15, -0.1) is 0 Å². The molecule has 5 nitrogen and oxygen atoms in total. The lowest BCUT2D eigenvalue weighted by atomic mass is 9.96. The van der Waals surface area contributed by atoms with Crippen molar-refractivity contribution in [1.82, 2.24) is 15.3 Å². The third kappa shape index (κ3) is 4.33. The molecule has 0 atom stereocenters. The summed E-state index contributed by atoms with van der Waals surface area (Å²) in [7, 11) is 1.57. The van der Waals surface area contributed by atoms with Gasteiger partial charge in [-0.05, 0) is 0 Å². The van der Waals surface area contributed by atoms with E-state index in [1.54, 1.807) is 13.2 Å². The van der Waals surface area contributed by atoms with Gasteiger partial charge in [0.15, 0.2) is 0 Å². The van der Waals surface area contributed by atoms with Gasteiger partial charge < -0.3 is 10.3 Å². The highest BCUT2D eigenvalue weighted by Gasteiger charge is 2.17. The van der Waals surface area contributed by atoms with E-state index >= 15 is 0 Å². The van der Waals surface area contributed by atoms with Crippen LogP contribution in [0.2, 0.25) is 0 Å². The van der Waals surface area contributed by atoms with Gasteiger partial charge in [0.25, 0.3) is 0 Å². The van der Waals surface area contributed by atoms with Crippen LogP contribution in [-0.4, -0.2) is 23.0 Å². The number of aromatic amines is 1. The lowest BCUT2D eigenvalue weighted by Crippen LogP contribution is -2.24. The Balaban J connectivity index is 0.00000106. The summed E-state index contributed by atoms with van der Waals surface area (Å²) in [5.74, 6) is 1.46. The molecule has 0 aliphatic carbocycles. The van der Waals surface area contributed by atoms with Crippen LogP contribution in [0.25, 0.3) is 0 Å². The molecule has 0 spiro atoms. The Morgan fingerprint density at radius 3 is 2.31 bits per heavy atom. The van der Waals surface area contributed by atoms with Gasteiger partial charge >= 0.3 is 6.03 Å². The first-order chi connectivity index (χ1) is 7.43. The second-order valence-corrected chi connectivity index (χ2v) is 4.10. The zero-order valence-electron chi connectivity index (χ0n) is 10.9. The summed E-state index contributed by atoms with van der Waals surface area (Å²) in [4.78, 5) is 18.2. The van der Waals surface area contributed by atoms with E-state index in [1.807, 2.05) is 13.8 Å². The summed E-state index contributed by atoms with van der Waals surface area (Å²) in [5.41, 5.74) is -0.0391. The fraction of sp³-hybridized carbons (Fsp3) is 0.636. The number of carbonyl (C=O) groups excluding carboxylic acids is 1. The SMILES string of the molecule is CC.CNC(=O)Nc1cnc(C(C)(C)C)[nH]1. The minimum Gasteiger partial charge on any atom is -0.341 e. The van der Waals surface area contributed by atoms with Crippen LogP contribution in [0.4, 0.5) is 10.6 Å². The van der Waals surface area contributed by atoms with Gasteiger partial charge in [0.05, 0.1) is 6.20 Å². The minimum absolute atomic E-state index is 0.0391. The number of rotatable bonds is 1. The predicted molar refractivity (Wildman–Crippen MR) is 66.7 cm³/mol. The Labute approximate surface area is 97.0 Å². The van der Waals surface area contributed by atoms with Crippen molar-refractivity contribution in [2.24, 2.45) is 0 Å². The van der Waals surface area contributed by atoms with Crippen LogP contribution in [0.1, 0.15) is 40.4 Å². The Hall–Kier alpha value is -1.52. The molecule has 1 rings (SSSR count). The molecule has 5 heteroatoms. The fourth-order valence-corrected chi connectivity index (χ4v) is 0.951. The summed E-state index contributed by atoms with van der Waals surface area (Å²) in [6, 6.07) is -0.255. The van der Waals surface area contributed by atoms with Crippen LogP contribution < -0.4 is 10.6 Å². The number of aromatic nitrogens is 2. The summed E-state index contributed by atoms with van der Waals surface area (Å²) in [6.45, 7) is 10.2. The van der Waals surface area contributed by atoms with Crippen LogP contribution in [0, 0.1) is 0 Å². The number of nitrogens with zero attached hydrogens (tertiary/aromatic N) is 1. The highest BCUT2D eigenvalue weighted by atomic mass is 16.2. The summed E-state index contributed by atoms with van der Waals surface area (Å²) in [5, 5.41) is 5.08. The topological polar surface area (TPSA) is 69.8 Å². The molecule has 92 valence electrons. The number of amides is 2. The van der Waals surface area contributed by atoms with Crippen LogP contribution in [0.3, 0.4) is 0 Å². The van der Waals surface area contributed by atoms with Gasteiger partial charge in [0, 0.05) is 12.5 Å². The van der Waals surface area contributed by atoms with E-state index in [4.69, 9.17) is 0 Å². The lowest BCUT2D eigenvalue weighted by molar-refractivity contribution is 0.254. The van der Waals surface area contributed by atoms with Crippen molar-refractivity contribution in [2.75, 3.05) is 12.4 Å². The maximum atomic E-state index is 11.0. The van der Waals surface area contributed by atoms with Gasteiger partial charge in [-0.1, -0.05) is 34.6 Å². The van der Waals surface area contributed by atoms with E-state index in [9.17, 15) is 4.79 Å². The van der Waals surface area contributed by atoms with Crippen molar-refractivity contribution in [3.8, 4) is 0 Å². The normalized spacial score (nSPS) is 10.1. The maximum absolute atomic E-state index is 11.0. The first-order valence-electron chi connectivity index (χ1n) is 5.47. The smallest absolute Gasteiger partial charge is 0.320 e. The van der Waals surface area contributed by atoms with Crippen LogP contribution in [0.5, 0.6) is 0 Å². The number of carbonyl (C=O) groups is 1. The molecule has 0 fully saturated rings. The number of urea groups is 1. The molecule has 0 aliphatic rings. The molecule has 0 bridgehead atoms. The highest BCUT2D eigenvalue weighted by molar-refractivity contribution is 5.87. The Morgan fingerprint density at radius 1 is 1.38 bits per heavy atom. The Bertz CT molecular complexity index is 325. The fourth-order valence-electron chi connectivity index (χ4n) is 0.951. The quantitative estimate of drug-likeness (QED) is 0.688. The first kappa shape index (κ1) is 14.5. The van der Waals surface area contributed by atoms with Gasteiger partial charge in [-0.3, -0.25) is 5.32 Å². The zero-order valence-corrected chi connectivity index (χ0v) is 10.9. The molecule has 1 heterocycles. The number of hydrogen-bond donors (Lipinski definition) is 3. The zero-order chi connectivity index (χ0) is 12.8. The highest BCUT2D eigenvalue weighted by Crippen LogP contribution is 2.19. The standard InChI is InChI=1S/C9H16N4O.C2H6/c1-9(2,3)7-11-5-6(12-7)13-8(14)10-4;1-2/h5H,1-4H3,(H,11,12)(H2,10,13,14);1-2H3. The minimum atomic E-state index is -0.255.